The molecule has 0 aliphatic rings. The highest BCUT2D eigenvalue weighted by atomic mass is 35.5. The van der Waals surface area contributed by atoms with Gasteiger partial charge in [-0.3, -0.25) is 4.79 Å². The summed E-state index contributed by atoms with van der Waals surface area (Å²) in [6, 6.07) is 8.15. The number of para-hydroxylation sites is 1. The van der Waals surface area contributed by atoms with Crippen LogP contribution in [-0.2, 0) is 12.4 Å². The van der Waals surface area contributed by atoms with Crippen molar-refractivity contribution in [2.24, 2.45) is 0 Å². The van der Waals surface area contributed by atoms with Gasteiger partial charge >= 0.3 is 12.4 Å². The average molecular weight is 368 g/mol. The fraction of sp³-hybridized carbons (Fsp3) is 0.133. The van der Waals surface area contributed by atoms with E-state index in [1.165, 1.54) is 12.1 Å². The molecule has 0 saturated heterocycles. The Morgan fingerprint density at radius 3 is 1.75 bits per heavy atom. The van der Waals surface area contributed by atoms with Gasteiger partial charge in [-0.1, -0.05) is 29.8 Å². The molecule has 0 fully saturated rings. The maximum Gasteiger partial charge on any atom is 0.417 e. The van der Waals surface area contributed by atoms with E-state index in [2.05, 4.69) is 5.32 Å². The number of carbonyl (C=O) groups excluding carboxylic acids is 1. The van der Waals surface area contributed by atoms with E-state index in [4.69, 9.17) is 11.6 Å². The number of alkyl halides is 6. The van der Waals surface area contributed by atoms with Crippen LogP contribution in [0.1, 0.15) is 21.5 Å². The molecule has 0 aromatic heterocycles. The van der Waals surface area contributed by atoms with E-state index < -0.39 is 40.0 Å². The summed E-state index contributed by atoms with van der Waals surface area (Å²) in [5.41, 5.74) is -4.03. The van der Waals surface area contributed by atoms with Crippen molar-refractivity contribution in [3.8, 4) is 0 Å². The van der Waals surface area contributed by atoms with Crippen LogP contribution in [0.3, 0.4) is 0 Å². The molecule has 24 heavy (non-hydrogen) atoms. The van der Waals surface area contributed by atoms with Gasteiger partial charge in [-0.25, -0.2) is 0 Å². The molecule has 0 aliphatic carbocycles. The van der Waals surface area contributed by atoms with Crippen LogP contribution in [0.25, 0.3) is 0 Å². The van der Waals surface area contributed by atoms with Crippen molar-refractivity contribution in [1.29, 1.82) is 0 Å². The Balaban J connectivity index is 2.52. The lowest BCUT2D eigenvalue weighted by molar-refractivity contribution is -0.142. The maximum atomic E-state index is 12.9. The van der Waals surface area contributed by atoms with Crippen LogP contribution in [0.5, 0.6) is 0 Å². The van der Waals surface area contributed by atoms with Gasteiger partial charge in [0.15, 0.2) is 0 Å². The second kappa shape index (κ2) is 6.35. The van der Waals surface area contributed by atoms with Crippen molar-refractivity contribution >= 4 is 23.2 Å². The highest BCUT2D eigenvalue weighted by Crippen LogP contribution is 2.43. The Morgan fingerprint density at radius 2 is 1.33 bits per heavy atom. The molecule has 1 amide bonds. The van der Waals surface area contributed by atoms with Gasteiger partial charge in [-0.15, -0.1) is 0 Å². The predicted octanol–water partition coefficient (Wildman–Crippen LogP) is 5.63. The van der Waals surface area contributed by atoms with E-state index in [9.17, 15) is 31.1 Å². The molecule has 0 saturated carbocycles. The molecule has 128 valence electrons. The predicted molar refractivity (Wildman–Crippen MR) is 75.9 cm³/mol. The largest absolute Gasteiger partial charge is 0.417 e. The Kier molecular flexibility index (Phi) is 4.80. The second-order valence-corrected chi connectivity index (χ2v) is 5.08. The molecular weight excluding hydrogens is 360 g/mol. The van der Waals surface area contributed by atoms with Gasteiger partial charge < -0.3 is 5.32 Å². The van der Waals surface area contributed by atoms with Gasteiger partial charge in [-0.05, 0) is 24.3 Å². The van der Waals surface area contributed by atoms with Gasteiger partial charge in [-0.2, -0.15) is 26.3 Å². The standard InChI is InChI=1S/C15H8ClF6NO/c16-12-10(14(17,18)19)6-8(7-11(12)15(20,21)22)13(24)23-9-4-2-1-3-5-9/h1-7H,(H,23,24). The third-order valence-electron chi connectivity index (χ3n) is 2.98. The van der Waals surface area contributed by atoms with Crippen LogP contribution in [-0.4, -0.2) is 5.91 Å². The molecule has 2 aromatic rings. The first-order valence-electron chi connectivity index (χ1n) is 6.34. The van der Waals surface area contributed by atoms with Gasteiger partial charge in [0.2, 0.25) is 0 Å². The summed E-state index contributed by atoms with van der Waals surface area (Å²) < 4.78 is 77.4. The molecule has 0 heterocycles. The van der Waals surface area contributed by atoms with Crippen molar-refractivity contribution < 1.29 is 31.1 Å². The third kappa shape index (κ3) is 4.00. The quantitative estimate of drug-likeness (QED) is 0.685. The zero-order valence-corrected chi connectivity index (χ0v) is 12.4. The smallest absolute Gasteiger partial charge is 0.322 e. The molecular formula is C15H8ClF6NO. The van der Waals surface area contributed by atoms with Crippen LogP contribution in [0.2, 0.25) is 5.02 Å². The molecule has 0 radical (unpaired) electrons. The minimum absolute atomic E-state index is 0.222. The molecule has 0 atom stereocenters. The molecule has 2 aromatic carbocycles. The van der Waals surface area contributed by atoms with Crippen LogP contribution >= 0.6 is 11.6 Å². The number of hydrogen-bond acceptors (Lipinski definition) is 1. The van der Waals surface area contributed by atoms with Crippen LogP contribution in [0, 0.1) is 0 Å². The summed E-state index contributed by atoms with van der Waals surface area (Å²) in [6.45, 7) is 0. The lowest BCUT2D eigenvalue weighted by Gasteiger charge is -2.16. The van der Waals surface area contributed by atoms with Crippen LogP contribution < -0.4 is 5.32 Å². The third-order valence-corrected chi connectivity index (χ3v) is 3.38. The summed E-state index contributed by atoms with van der Waals surface area (Å²) in [6.07, 6.45) is -10.3. The van der Waals surface area contributed by atoms with E-state index in [0.29, 0.717) is 0 Å². The number of carbonyl (C=O) groups is 1. The molecule has 0 unspecified atom stereocenters. The molecule has 1 N–H and O–H groups in total. The second-order valence-electron chi connectivity index (χ2n) is 4.70. The van der Waals surface area contributed by atoms with Crippen molar-refractivity contribution in [2.75, 3.05) is 5.32 Å². The normalized spacial score (nSPS) is 12.1. The molecule has 2 nitrogen and oxygen atoms in total. The van der Waals surface area contributed by atoms with Gasteiger partial charge in [0.1, 0.15) is 0 Å². The Labute approximate surface area is 137 Å². The summed E-state index contributed by atoms with van der Waals surface area (Å²) in [5, 5.41) is 0.724. The van der Waals surface area contributed by atoms with E-state index in [0.717, 1.165) is 0 Å². The SMILES string of the molecule is O=C(Nc1ccccc1)c1cc(C(F)(F)F)c(Cl)c(C(F)(F)F)c1. The van der Waals surface area contributed by atoms with E-state index in [1.807, 2.05) is 0 Å². The lowest BCUT2D eigenvalue weighted by atomic mass is 10.0. The number of amides is 1. The molecule has 2 rings (SSSR count). The molecule has 9 heteroatoms. The van der Waals surface area contributed by atoms with E-state index in [1.54, 1.807) is 18.2 Å². The van der Waals surface area contributed by atoms with Gasteiger partial charge in [0.25, 0.3) is 5.91 Å². The molecule has 0 spiro atoms. The van der Waals surface area contributed by atoms with Crippen molar-refractivity contribution in [2.45, 2.75) is 12.4 Å². The van der Waals surface area contributed by atoms with E-state index in [-0.39, 0.29) is 17.8 Å². The zero-order valence-electron chi connectivity index (χ0n) is 11.6. The number of nitrogens with one attached hydrogen (secondary N) is 1. The highest BCUT2D eigenvalue weighted by molar-refractivity contribution is 6.32. The first-order chi connectivity index (χ1) is 11.0. The first kappa shape index (κ1) is 18.1. The molecule has 0 aliphatic heterocycles. The van der Waals surface area contributed by atoms with Gasteiger partial charge in [0.05, 0.1) is 16.1 Å². The van der Waals surface area contributed by atoms with Crippen molar-refractivity contribution in [3.05, 3.63) is 64.2 Å². The minimum atomic E-state index is -5.14. The monoisotopic (exact) mass is 367 g/mol. The van der Waals surface area contributed by atoms with E-state index >= 15 is 0 Å². The first-order valence-corrected chi connectivity index (χ1v) is 6.72. The van der Waals surface area contributed by atoms with Gasteiger partial charge in [0, 0.05) is 11.3 Å². The maximum absolute atomic E-state index is 12.9. The topological polar surface area (TPSA) is 29.1 Å². The highest BCUT2D eigenvalue weighted by Gasteiger charge is 2.41. The van der Waals surface area contributed by atoms with Crippen molar-refractivity contribution in [1.82, 2.24) is 0 Å². The number of benzene rings is 2. The minimum Gasteiger partial charge on any atom is -0.322 e. The number of hydrogen-bond donors (Lipinski definition) is 1. The Morgan fingerprint density at radius 1 is 0.875 bits per heavy atom. The zero-order chi connectivity index (χ0) is 18.1. The fourth-order valence-corrected chi connectivity index (χ4v) is 2.22. The molecule has 0 bridgehead atoms. The average Bonchev–Trinajstić information content (AvgIpc) is 2.46. The van der Waals surface area contributed by atoms with Crippen LogP contribution in [0.4, 0.5) is 32.0 Å². The number of rotatable bonds is 2. The fourth-order valence-electron chi connectivity index (χ4n) is 1.89. The lowest BCUT2D eigenvalue weighted by Crippen LogP contribution is -2.18. The number of anilines is 1. The van der Waals surface area contributed by atoms with Crippen LogP contribution in [0.15, 0.2) is 42.5 Å². The number of halogens is 7. The summed E-state index contributed by atoms with van der Waals surface area (Å²) in [4.78, 5) is 12.0. The Bertz CT molecular complexity index is 720. The summed E-state index contributed by atoms with van der Waals surface area (Å²) >= 11 is 5.24. The Hall–Kier alpha value is -2.22. The van der Waals surface area contributed by atoms with Crippen molar-refractivity contribution in [3.63, 3.8) is 0 Å². The summed E-state index contributed by atoms with van der Waals surface area (Å²) in [7, 11) is 0. The summed E-state index contributed by atoms with van der Waals surface area (Å²) in [5.74, 6) is -1.12.